The molecule has 3 heteroatoms. The highest BCUT2D eigenvalue weighted by molar-refractivity contribution is 5.56. The van der Waals surface area contributed by atoms with Gasteiger partial charge in [-0.1, -0.05) is 26.0 Å². The monoisotopic (exact) mass is 264 g/mol. The first-order valence-corrected chi connectivity index (χ1v) is 7.39. The normalized spacial score (nSPS) is 11.1. The van der Waals surface area contributed by atoms with Crippen molar-refractivity contribution in [2.75, 3.05) is 31.5 Å². The Morgan fingerprint density at radius 3 is 2.47 bits per heavy atom. The molecule has 0 aliphatic heterocycles. The van der Waals surface area contributed by atoms with Crippen LogP contribution in [0.2, 0.25) is 0 Å². The van der Waals surface area contributed by atoms with Crippen molar-refractivity contribution in [3.63, 3.8) is 0 Å². The molecule has 0 saturated heterocycles. The fourth-order valence-electron chi connectivity index (χ4n) is 2.03. The van der Waals surface area contributed by atoms with E-state index in [4.69, 9.17) is 4.74 Å². The minimum atomic E-state index is 0.207. The minimum absolute atomic E-state index is 0.207. The first-order chi connectivity index (χ1) is 9.17. The van der Waals surface area contributed by atoms with E-state index in [0.717, 1.165) is 44.0 Å². The van der Waals surface area contributed by atoms with Crippen molar-refractivity contribution in [1.82, 2.24) is 4.90 Å². The van der Waals surface area contributed by atoms with Crippen LogP contribution in [0.4, 0.5) is 5.69 Å². The van der Waals surface area contributed by atoms with Gasteiger partial charge in [-0.3, -0.25) is 0 Å². The van der Waals surface area contributed by atoms with Gasteiger partial charge in [0, 0.05) is 6.54 Å². The molecule has 0 saturated carbocycles. The molecule has 0 fully saturated rings. The lowest BCUT2D eigenvalue weighted by Gasteiger charge is -2.19. The molecule has 3 nitrogen and oxygen atoms in total. The third-order valence-electron chi connectivity index (χ3n) is 3.11. The van der Waals surface area contributed by atoms with Crippen LogP contribution in [0.5, 0.6) is 5.75 Å². The van der Waals surface area contributed by atoms with Gasteiger partial charge < -0.3 is 15.0 Å². The Morgan fingerprint density at radius 1 is 1.16 bits per heavy atom. The van der Waals surface area contributed by atoms with E-state index in [-0.39, 0.29) is 6.10 Å². The molecule has 0 amide bonds. The Morgan fingerprint density at radius 2 is 1.84 bits per heavy atom. The highest BCUT2D eigenvalue weighted by Gasteiger charge is 2.04. The number of nitrogens with one attached hydrogen (secondary N) is 1. The Labute approximate surface area is 118 Å². The molecular formula is C16H28N2O. The molecule has 0 unspecified atom stereocenters. The van der Waals surface area contributed by atoms with Crippen LogP contribution >= 0.6 is 0 Å². The molecule has 19 heavy (non-hydrogen) atoms. The lowest BCUT2D eigenvalue weighted by atomic mass is 10.2. The van der Waals surface area contributed by atoms with Crippen LogP contribution in [0.25, 0.3) is 0 Å². The van der Waals surface area contributed by atoms with Gasteiger partial charge in [0.2, 0.25) is 0 Å². The number of hydrogen-bond donors (Lipinski definition) is 1. The number of hydrogen-bond acceptors (Lipinski definition) is 3. The van der Waals surface area contributed by atoms with Crippen molar-refractivity contribution < 1.29 is 4.74 Å². The first kappa shape index (κ1) is 15.8. The number of rotatable bonds is 9. The van der Waals surface area contributed by atoms with E-state index in [9.17, 15) is 0 Å². The molecule has 1 aromatic rings. The van der Waals surface area contributed by atoms with Crippen molar-refractivity contribution in [3.8, 4) is 5.75 Å². The molecule has 0 heterocycles. The minimum Gasteiger partial charge on any atom is -0.489 e. The summed E-state index contributed by atoms with van der Waals surface area (Å²) in [6.07, 6.45) is 1.36. The van der Waals surface area contributed by atoms with Gasteiger partial charge in [-0.2, -0.15) is 0 Å². The summed E-state index contributed by atoms with van der Waals surface area (Å²) in [4.78, 5) is 2.44. The summed E-state index contributed by atoms with van der Waals surface area (Å²) < 4.78 is 5.79. The molecule has 108 valence electrons. The van der Waals surface area contributed by atoms with Crippen molar-refractivity contribution in [2.24, 2.45) is 0 Å². The summed E-state index contributed by atoms with van der Waals surface area (Å²) in [5.41, 5.74) is 1.09. The molecule has 1 N–H and O–H groups in total. The number of nitrogens with zero attached hydrogens (tertiary/aromatic N) is 1. The zero-order chi connectivity index (χ0) is 14.1. The zero-order valence-electron chi connectivity index (χ0n) is 12.8. The lowest BCUT2D eigenvalue weighted by molar-refractivity contribution is 0.243. The fraction of sp³-hybridized carbons (Fsp3) is 0.625. The lowest BCUT2D eigenvalue weighted by Crippen LogP contribution is -2.25. The van der Waals surface area contributed by atoms with Gasteiger partial charge in [0.15, 0.2) is 0 Å². The van der Waals surface area contributed by atoms with Crippen LogP contribution in [0, 0.1) is 0 Å². The van der Waals surface area contributed by atoms with Crippen LogP contribution in [0.1, 0.15) is 34.1 Å². The Kier molecular flexibility index (Phi) is 7.34. The van der Waals surface area contributed by atoms with Crippen molar-refractivity contribution in [3.05, 3.63) is 24.3 Å². The number of ether oxygens (including phenoxy) is 1. The Bertz CT molecular complexity index is 348. The van der Waals surface area contributed by atoms with Crippen LogP contribution in [0.15, 0.2) is 24.3 Å². The zero-order valence-corrected chi connectivity index (χ0v) is 12.8. The van der Waals surface area contributed by atoms with Crippen LogP contribution < -0.4 is 10.1 Å². The Hall–Kier alpha value is -1.22. The number of benzene rings is 1. The van der Waals surface area contributed by atoms with Crippen LogP contribution in [0.3, 0.4) is 0 Å². The van der Waals surface area contributed by atoms with E-state index < -0.39 is 0 Å². The van der Waals surface area contributed by atoms with Gasteiger partial charge in [0.25, 0.3) is 0 Å². The molecule has 0 atom stereocenters. The number of anilines is 1. The van der Waals surface area contributed by atoms with Crippen molar-refractivity contribution in [1.29, 1.82) is 0 Å². The molecule has 0 aliphatic carbocycles. The van der Waals surface area contributed by atoms with Gasteiger partial charge in [-0.05, 0) is 52.0 Å². The summed E-state index contributed by atoms with van der Waals surface area (Å²) in [7, 11) is 0. The van der Waals surface area contributed by atoms with Gasteiger partial charge >= 0.3 is 0 Å². The molecule has 1 rings (SSSR count). The maximum atomic E-state index is 5.79. The average Bonchev–Trinajstić information content (AvgIpc) is 2.40. The SMILES string of the molecule is CCN(CC)CCCNc1ccccc1OC(C)C. The highest BCUT2D eigenvalue weighted by Crippen LogP contribution is 2.24. The van der Waals surface area contributed by atoms with Gasteiger partial charge in [-0.25, -0.2) is 0 Å². The fourth-order valence-corrected chi connectivity index (χ4v) is 2.03. The topological polar surface area (TPSA) is 24.5 Å². The largest absolute Gasteiger partial charge is 0.489 e. The maximum Gasteiger partial charge on any atom is 0.142 e. The van der Waals surface area contributed by atoms with Crippen LogP contribution in [-0.4, -0.2) is 37.2 Å². The summed E-state index contributed by atoms with van der Waals surface area (Å²) in [5, 5.41) is 3.47. The Balaban J connectivity index is 2.40. The van der Waals surface area contributed by atoms with Crippen molar-refractivity contribution in [2.45, 2.75) is 40.2 Å². The molecule has 0 bridgehead atoms. The van der Waals surface area contributed by atoms with E-state index in [1.165, 1.54) is 0 Å². The summed E-state index contributed by atoms with van der Waals surface area (Å²) in [6.45, 7) is 12.9. The molecular weight excluding hydrogens is 236 g/mol. The van der Waals surface area contributed by atoms with E-state index in [1.807, 2.05) is 18.2 Å². The molecule has 0 spiro atoms. The molecule has 0 radical (unpaired) electrons. The molecule has 1 aromatic carbocycles. The predicted octanol–water partition coefficient (Wildman–Crippen LogP) is 3.62. The first-order valence-electron chi connectivity index (χ1n) is 7.39. The maximum absolute atomic E-state index is 5.79. The third kappa shape index (κ3) is 5.97. The van der Waals surface area contributed by atoms with Gasteiger partial charge in [0.05, 0.1) is 11.8 Å². The van der Waals surface area contributed by atoms with Crippen LogP contribution in [-0.2, 0) is 0 Å². The second kappa shape index (κ2) is 8.81. The second-order valence-corrected chi connectivity index (χ2v) is 4.97. The molecule has 0 aromatic heterocycles. The average molecular weight is 264 g/mol. The highest BCUT2D eigenvalue weighted by atomic mass is 16.5. The number of para-hydroxylation sites is 2. The summed E-state index contributed by atoms with van der Waals surface area (Å²) in [6, 6.07) is 8.15. The second-order valence-electron chi connectivity index (χ2n) is 4.97. The van der Waals surface area contributed by atoms with Gasteiger partial charge in [0.1, 0.15) is 5.75 Å². The molecule has 0 aliphatic rings. The van der Waals surface area contributed by atoms with Crippen molar-refractivity contribution >= 4 is 5.69 Å². The van der Waals surface area contributed by atoms with E-state index >= 15 is 0 Å². The third-order valence-corrected chi connectivity index (χ3v) is 3.11. The standard InChI is InChI=1S/C16H28N2O/c1-5-18(6-2)13-9-12-17-15-10-7-8-11-16(15)19-14(3)4/h7-8,10-11,14,17H,5-6,9,12-13H2,1-4H3. The van der Waals surface area contributed by atoms with E-state index in [2.05, 4.69) is 44.0 Å². The van der Waals surface area contributed by atoms with E-state index in [1.54, 1.807) is 0 Å². The van der Waals surface area contributed by atoms with E-state index in [0.29, 0.717) is 0 Å². The predicted molar refractivity (Wildman–Crippen MR) is 83.1 cm³/mol. The van der Waals surface area contributed by atoms with Gasteiger partial charge in [-0.15, -0.1) is 0 Å². The quantitative estimate of drug-likeness (QED) is 0.689. The summed E-state index contributed by atoms with van der Waals surface area (Å²) >= 11 is 0. The smallest absolute Gasteiger partial charge is 0.142 e. The summed E-state index contributed by atoms with van der Waals surface area (Å²) in [5.74, 6) is 0.945.